The summed E-state index contributed by atoms with van der Waals surface area (Å²) in [6, 6.07) is 13.7. The predicted octanol–water partition coefficient (Wildman–Crippen LogP) is 5.75. The first-order chi connectivity index (χ1) is 12.5. The number of rotatable bonds is 4. The van der Waals surface area contributed by atoms with Crippen LogP contribution >= 0.6 is 0 Å². The number of hydrogen-bond donors (Lipinski definition) is 2. The van der Waals surface area contributed by atoms with Gasteiger partial charge in [0.1, 0.15) is 5.75 Å². The molecule has 2 aromatic rings. The monoisotopic (exact) mass is 368 g/mol. The van der Waals surface area contributed by atoms with Crippen molar-refractivity contribution in [1.82, 2.24) is 5.32 Å². The quantitative estimate of drug-likeness (QED) is 0.675. The minimum absolute atomic E-state index is 0.0325. The number of carbonyl (C=O) groups is 1. The van der Waals surface area contributed by atoms with Crippen LogP contribution in [0.25, 0.3) is 0 Å². The number of nitrogens with one attached hydrogen (secondary N) is 2. The third-order valence-electron chi connectivity index (χ3n) is 4.39. The summed E-state index contributed by atoms with van der Waals surface area (Å²) >= 11 is 0. The average Bonchev–Trinajstić information content (AvgIpc) is 2.54. The smallest absolute Gasteiger partial charge is 0.321 e. The van der Waals surface area contributed by atoms with Gasteiger partial charge in [0.15, 0.2) is 6.73 Å². The van der Waals surface area contributed by atoms with E-state index in [-0.39, 0.29) is 23.6 Å². The zero-order valence-corrected chi connectivity index (χ0v) is 17.6. The predicted molar refractivity (Wildman–Crippen MR) is 113 cm³/mol. The Morgan fingerprint density at radius 1 is 0.926 bits per heavy atom. The van der Waals surface area contributed by atoms with Crippen molar-refractivity contribution in [3.05, 3.63) is 59.2 Å². The van der Waals surface area contributed by atoms with Gasteiger partial charge in [-0.1, -0.05) is 77.4 Å². The summed E-state index contributed by atoms with van der Waals surface area (Å²) < 4.78 is 5.85. The topological polar surface area (TPSA) is 50.4 Å². The van der Waals surface area contributed by atoms with E-state index >= 15 is 0 Å². The molecule has 0 bridgehead atoms. The third-order valence-corrected chi connectivity index (χ3v) is 4.39. The van der Waals surface area contributed by atoms with Gasteiger partial charge in [0.05, 0.1) is 0 Å². The summed E-state index contributed by atoms with van der Waals surface area (Å²) in [7, 11) is 0. The van der Waals surface area contributed by atoms with E-state index in [1.165, 1.54) is 5.56 Å². The molecule has 2 N–H and O–H groups in total. The van der Waals surface area contributed by atoms with Gasteiger partial charge in [0.25, 0.3) is 0 Å². The van der Waals surface area contributed by atoms with E-state index in [1.807, 2.05) is 36.4 Å². The molecule has 0 unspecified atom stereocenters. The van der Waals surface area contributed by atoms with Crippen molar-refractivity contribution in [2.45, 2.75) is 59.3 Å². The molecule has 0 aliphatic carbocycles. The van der Waals surface area contributed by atoms with Crippen molar-refractivity contribution in [3.8, 4) is 5.75 Å². The molecule has 146 valence electrons. The number of amides is 2. The first kappa shape index (κ1) is 20.8. The summed E-state index contributed by atoms with van der Waals surface area (Å²) in [6.07, 6.45) is 0. The maximum absolute atomic E-state index is 12.3. The van der Waals surface area contributed by atoms with Crippen molar-refractivity contribution in [2.75, 3.05) is 12.0 Å². The SMILES string of the molecule is Cc1ccc(OCNC(=O)Nc2ccccc2C(C)(C)C)c(C(C)(C)C)c1. The molecule has 0 atom stereocenters. The second kappa shape index (κ2) is 8.03. The van der Waals surface area contributed by atoms with Gasteiger partial charge < -0.3 is 15.4 Å². The van der Waals surface area contributed by atoms with Crippen LogP contribution in [0.2, 0.25) is 0 Å². The van der Waals surface area contributed by atoms with E-state index < -0.39 is 0 Å². The molecule has 27 heavy (non-hydrogen) atoms. The highest BCUT2D eigenvalue weighted by molar-refractivity contribution is 5.90. The van der Waals surface area contributed by atoms with E-state index in [1.54, 1.807) is 0 Å². The molecule has 0 spiro atoms. The lowest BCUT2D eigenvalue weighted by Crippen LogP contribution is -2.33. The van der Waals surface area contributed by atoms with Crippen molar-refractivity contribution in [1.29, 1.82) is 0 Å². The first-order valence-corrected chi connectivity index (χ1v) is 9.37. The number of aryl methyl sites for hydroxylation is 1. The fraction of sp³-hybridized carbons (Fsp3) is 0.435. The number of ether oxygens (including phenoxy) is 1. The molecular formula is C23H32N2O2. The average molecular weight is 369 g/mol. The van der Waals surface area contributed by atoms with Gasteiger partial charge in [-0.25, -0.2) is 4.79 Å². The van der Waals surface area contributed by atoms with Crippen molar-refractivity contribution < 1.29 is 9.53 Å². The van der Waals surface area contributed by atoms with E-state index in [0.717, 1.165) is 22.6 Å². The van der Waals surface area contributed by atoms with Gasteiger partial charge in [-0.3, -0.25) is 0 Å². The highest BCUT2D eigenvalue weighted by Crippen LogP contribution is 2.32. The Hall–Kier alpha value is -2.49. The van der Waals surface area contributed by atoms with Gasteiger partial charge in [0, 0.05) is 5.69 Å². The Morgan fingerprint density at radius 2 is 1.56 bits per heavy atom. The Kier molecular flexibility index (Phi) is 6.19. The van der Waals surface area contributed by atoms with E-state index in [4.69, 9.17) is 4.74 Å². The number of benzene rings is 2. The molecule has 2 aromatic carbocycles. The maximum atomic E-state index is 12.3. The standard InChI is InChI=1S/C23H32N2O2/c1-16-12-13-20(18(14-16)23(5,6)7)27-15-24-21(26)25-19-11-9-8-10-17(19)22(2,3)4/h8-14H,15H2,1-7H3,(H2,24,25,26). The Morgan fingerprint density at radius 3 is 2.19 bits per heavy atom. The van der Waals surface area contributed by atoms with Gasteiger partial charge >= 0.3 is 6.03 Å². The van der Waals surface area contributed by atoms with Crippen LogP contribution in [-0.4, -0.2) is 12.8 Å². The summed E-state index contributed by atoms with van der Waals surface area (Å²) in [5.74, 6) is 0.795. The fourth-order valence-electron chi connectivity index (χ4n) is 2.95. The van der Waals surface area contributed by atoms with Crippen molar-refractivity contribution >= 4 is 11.7 Å². The molecule has 0 saturated carbocycles. The zero-order valence-electron chi connectivity index (χ0n) is 17.6. The Labute approximate surface area is 163 Å². The van der Waals surface area contributed by atoms with Crippen molar-refractivity contribution in [2.24, 2.45) is 0 Å². The number of anilines is 1. The largest absolute Gasteiger partial charge is 0.473 e. The van der Waals surface area contributed by atoms with Crippen LogP contribution in [0.1, 0.15) is 58.2 Å². The highest BCUT2D eigenvalue weighted by atomic mass is 16.5. The van der Waals surface area contributed by atoms with Crippen LogP contribution in [0.5, 0.6) is 5.75 Å². The molecule has 0 aromatic heterocycles. The lowest BCUT2D eigenvalue weighted by molar-refractivity contribution is 0.233. The summed E-state index contributed by atoms with van der Waals surface area (Å²) in [5, 5.41) is 5.71. The van der Waals surface area contributed by atoms with Crippen LogP contribution in [0.4, 0.5) is 10.5 Å². The van der Waals surface area contributed by atoms with Crippen LogP contribution in [0.15, 0.2) is 42.5 Å². The first-order valence-electron chi connectivity index (χ1n) is 9.37. The van der Waals surface area contributed by atoms with Gasteiger partial charge in [0.2, 0.25) is 0 Å². The Bertz CT molecular complexity index is 799. The molecule has 0 radical (unpaired) electrons. The minimum atomic E-state index is -0.281. The fourth-order valence-corrected chi connectivity index (χ4v) is 2.95. The van der Waals surface area contributed by atoms with Crippen LogP contribution in [0.3, 0.4) is 0 Å². The van der Waals surface area contributed by atoms with Crippen LogP contribution < -0.4 is 15.4 Å². The minimum Gasteiger partial charge on any atom is -0.473 e. The summed E-state index contributed by atoms with van der Waals surface area (Å²) in [5.41, 5.74) is 4.14. The summed E-state index contributed by atoms with van der Waals surface area (Å²) in [4.78, 5) is 12.3. The lowest BCUT2D eigenvalue weighted by atomic mass is 9.85. The molecule has 0 heterocycles. The Balaban J connectivity index is 2.01. The summed E-state index contributed by atoms with van der Waals surface area (Å²) in [6.45, 7) is 15.0. The number of para-hydroxylation sites is 1. The normalized spacial score (nSPS) is 11.8. The molecule has 2 rings (SSSR count). The van der Waals surface area contributed by atoms with Crippen LogP contribution in [0, 0.1) is 6.92 Å². The number of carbonyl (C=O) groups excluding carboxylic acids is 1. The second-order valence-electron chi connectivity index (χ2n) is 8.96. The van der Waals surface area contributed by atoms with Crippen LogP contribution in [-0.2, 0) is 10.8 Å². The molecule has 4 heteroatoms. The van der Waals surface area contributed by atoms with Gasteiger partial charge in [-0.2, -0.15) is 0 Å². The second-order valence-corrected chi connectivity index (χ2v) is 8.96. The highest BCUT2D eigenvalue weighted by Gasteiger charge is 2.20. The molecule has 0 saturated heterocycles. The van der Waals surface area contributed by atoms with E-state index in [0.29, 0.717) is 0 Å². The number of hydrogen-bond acceptors (Lipinski definition) is 2. The van der Waals surface area contributed by atoms with E-state index in [2.05, 4.69) is 65.2 Å². The van der Waals surface area contributed by atoms with Gasteiger partial charge in [-0.05, 0) is 41.0 Å². The molecule has 0 fully saturated rings. The van der Waals surface area contributed by atoms with E-state index in [9.17, 15) is 4.79 Å². The zero-order chi connectivity index (χ0) is 20.2. The van der Waals surface area contributed by atoms with Crippen molar-refractivity contribution in [3.63, 3.8) is 0 Å². The molecule has 4 nitrogen and oxygen atoms in total. The molecular weight excluding hydrogens is 336 g/mol. The lowest BCUT2D eigenvalue weighted by Gasteiger charge is -2.24. The molecule has 2 amide bonds. The van der Waals surface area contributed by atoms with Gasteiger partial charge in [-0.15, -0.1) is 0 Å². The maximum Gasteiger partial charge on any atom is 0.321 e. The molecule has 0 aliphatic heterocycles. The third kappa shape index (κ3) is 5.75. The molecule has 0 aliphatic rings. The number of urea groups is 1.